The van der Waals surface area contributed by atoms with Gasteiger partial charge in [-0.05, 0) is 82.7 Å². The summed E-state index contributed by atoms with van der Waals surface area (Å²) in [4.78, 5) is 39.9. The van der Waals surface area contributed by atoms with E-state index in [-0.39, 0.29) is 24.1 Å². The fraction of sp³-hybridized carbons (Fsp3) is 0.429. The zero-order chi connectivity index (χ0) is 25.8. The molecule has 0 aliphatic heterocycles. The highest BCUT2D eigenvalue weighted by Crippen LogP contribution is 2.34. The maximum absolute atomic E-state index is 13.5. The molecule has 0 spiro atoms. The van der Waals surface area contributed by atoms with Crippen LogP contribution in [0.2, 0.25) is 0 Å². The lowest BCUT2D eigenvalue weighted by Crippen LogP contribution is -2.41. The Bertz CT molecular complexity index is 1280. The topological polar surface area (TPSA) is 117 Å². The van der Waals surface area contributed by atoms with Crippen molar-refractivity contribution in [3.8, 4) is 11.3 Å². The third kappa shape index (κ3) is 5.49. The first-order valence-electron chi connectivity index (χ1n) is 12.7. The molecule has 1 aliphatic rings. The number of aromatic amines is 1. The van der Waals surface area contributed by atoms with Crippen LogP contribution in [0.3, 0.4) is 0 Å². The number of hydrogen-bond acceptors (Lipinski definition) is 6. The van der Waals surface area contributed by atoms with Crippen LogP contribution in [0.25, 0.3) is 11.3 Å². The molecule has 36 heavy (non-hydrogen) atoms. The van der Waals surface area contributed by atoms with E-state index in [0.717, 1.165) is 60.3 Å². The third-order valence-corrected chi connectivity index (χ3v) is 7.24. The molecule has 2 aromatic heterocycles. The molecule has 190 valence electrons. The van der Waals surface area contributed by atoms with Crippen molar-refractivity contribution in [3.05, 3.63) is 75.1 Å². The molecule has 4 N–H and O–H groups in total. The van der Waals surface area contributed by atoms with Crippen molar-refractivity contribution in [1.29, 1.82) is 0 Å². The zero-order valence-corrected chi connectivity index (χ0v) is 21.6. The number of carbonyl (C=O) groups excluding carboxylic acids is 1. The summed E-state index contributed by atoms with van der Waals surface area (Å²) in [6.07, 6.45) is 9.06. The highest BCUT2D eigenvalue weighted by atomic mass is 16.1. The Hall–Kier alpha value is -3.52. The number of rotatable bonds is 7. The van der Waals surface area contributed by atoms with E-state index in [2.05, 4.69) is 38.2 Å². The lowest BCUT2D eigenvalue weighted by Gasteiger charge is -2.38. The summed E-state index contributed by atoms with van der Waals surface area (Å²) >= 11 is 0. The van der Waals surface area contributed by atoms with Gasteiger partial charge in [-0.1, -0.05) is 0 Å². The number of benzene rings is 1. The molecule has 1 amide bonds. The van der Waals surface area contributed by atoms with Crippen LogP contribution in [0.15, 0.2) is 41.6 Å². The van der Waals surface area contributed by atoms with E-state index in [1.807, 2.05) is 32.9 Å². The van der Waals surface area contributed by atoms with Gasteiger partial charge in [0.25, 0.3) is 11.5 Å². The van der Waals surface area contributed by atoms with E-state index in [4.69, 9.17) is 5.73 Å². The standard InChI is InChI=1S/C28H36N6O2/c1-5-34(22-8-6-21(29)7-9-22)26-14-20(25-16-30-10-11-31-25)13-23(19(26)4)27(35)32-15-24-17(2)12-18(3)33-28(24)36/h10-14,16,21-22H,5-9,15,29H2,1-4H3,(H,32,35)(H,33,36). The average Bonchev–Trinajstić information content (AvgIpc) is 2.86. The Labute approximate surface area is 212 Å². The molecular formula is C28H36N6O2. The predicted octanol–water partition coefficient (Wildman–Crippen LogP) is 3.78. The Balaban J connectivity index is 1.71. The summed E-state index contributed by atoms with van der Waals surface area (Å²) in [5.41, 5.74) is 12.3. The molecule has 0 saturated heterocycles. The predicted molar refractivity (Wildman–Crippen MR) is 143 cm³/mol. The van der Waals surface area contributed by atoms with Gasteiger partial charge in [0, 0.05) is 65.6 Å². The van der Waals surface area contributed by atoms with Crippen molar-refractivity contribution in [2.45, 2.75) is 72.0 Å². The van der Waals surface area contributed by atoms with Gasteiger partial charge >= 0.3 is 0 Å². The second-order valence-electron chi connectivity index (χ2n) is 9.74. The normalized spacial score (nSPS) is 17.6. The largest absolute Gasteiger partial charge is 0.369 e. The number of hydrogen-bond donors (Lipinski definition) is 3. The molecule has 0 bridgehead atoms. The van der Waals surface area contributed by atoms with Crippen LogP contribution in [0.4, 0.5) is 5.69 Å². The van der Waals surface area contributed by atoms with Crippen molar-refractivity contribution >= 4 is 11.6 Å². The smallest absolute Gasteiger partial charge is 0.253 e. The second kappa shape index (κ2) is 11.0. The Morgan fingerprint density at radius 1 is 1.14 bits per heavy atom. The number of nitrogens with one attached hydrogen (secondary N) is 2. The Morgan fingerprint density at radius 2 is 1.89 bits per heavy atom. The minimum Gasteiger partial charge on any atom is -0.369 e. The van der Waals surface area contributed by atoms with Gasteiger partial charge in [0.2, 0.25) is 0 Å². The number of aromatic nitrogens is 3. The summed E-state index contributed by atoms with van der Waals surface area (Å²) in [5, 5.41) is 2.98. The second-order valence-corrected chi connectivity index (χ2v) is 9.74. The first-order valence-corrected chi connectivity index (χ1v) is 12.7. The lowest BCUT2D eigenvalue weighted by molar-refractivity contribution is 0.0950. The van der Waals surface area contributed by atoms with Crippen molar-refractivity contribution < 1.29 is 4.79 Å². The van der Waals surface area contributed by atoms with E-state index < -0.39 is 0 Å². The molecule has 1 aliphatic carbocycles. The van der Waals surface area contributed by atoms with Crippen LogP contribution in [-0.2, 0) is 6.54 Å². The van der Waals surface area contributed by atoms with Gasteiger partial charge in [-0.2, -0.15) is 0 Å². The van der Waals surface area contributed by atoms with Crippen molar-refractivity contribution in [1.82, 2.24) is 20.3 Å². The van der Waals surface area contributed by atoms with E-state index in [9.17, 15) is 9.59 Å². The first-order chi connectivity index (χ1) is 17.3. The molecule has 1 saturated carbocycles. The maximum atomic E-state index is 13.5. The van der Waals surface area contributed by atoms with Gasteiger partial charge in [0.05, 0.1) is 11.9 Å². The Kier molecular flexibility index (Phi) is 7.84. The number of nitrogens with zero attached hydrogens (tertiary/aromatic N) is 3. The quantitative estimate of drug-likeness (QED) is 0.466. The number of anilines is 1. The molecule has 0 unspecified atom stereocenters. The monoisotopic (exact) mass is 488 g/mol. The Morgan fingerprint density at radius 3 is 2.53 bits per heavy atom. The number of nitrogens with two attached hydrogens (primary N) is 1. The van der Waals surface area contributed by atoms with Crippen LogP contribution < -0.4 is 21.5 Å². The van der Waals surface area contributed by atoms with Gasteiger partial charge in [0.15, 0.2) is 0 Å². The summed E-state index contributed by atoms with van der Waals surface area (Å²) in [5.74, 6) is -0.222. The summed E-state index contributed by atoms with van der Waals surface area (Å²) in [6.45, 7) is 8.85. The number of amides is 1. The van der Waals surface area contributed by atoms with Crippen molar-refractivity contribution in [2.24, 2.45) is 5.73 Å². The van der Waals surface area contributed by atoms with Crippen LogP contribution in [0, 0.1) is 20.8 Å². The van der Waals surface area contributed by atoms with Crippen LogP contribution >= 0.6 is 0 Å². The SMILES string of the molecule is CCN(c1cc(-c2cnccn2)cc(C(=O)NCc2c(C)cc(C)[nH]c2=O)c1C)C1CCC(N)CC1. The third-order valence-electron chi connectivity index (χ3n) is 7.24. The van der Waals surface area contributed by atoms with Crippen molar-refractivity contribution in [3.63, 3.8) is 0 Å². The van der Waals surface area contributed by atoms with Crippen LogP contribution in [-0.4, -0.2) is 39.5 Å². The van der Waals surface area contributed by atoms with Crippen LogP contribution in [0.5, 0.6) is 0 Å². The molecular weight excluding hydrogens is 452 g/mol. The van der Waals surface area contributed by atoms with Crippen molar-refractivity contribution in [2.75, 3.05) is 11.4 Å². The molecule has 4 rings (SSSR count). The molecule has 2 heterocycles. The van der Waals surface area contributed by atoms with Crippen LogP contribution in [0.1, 0.15) is 65.3 Å². The number of H-pyrrole nitrogens is 1. The minimum absolute atomic E-state index is 0.155. The fourth-order valence-electron chi connectivity index (χ4n) is 5.23. The molecule has 0 radical (unpaired) electrons. The van der Waals surface area contributed by atoms with E-state index in [1.165, 1.54) is 0 Å². The van der Waals surface area contributed by atoms with Gasteiger partial charge < -0.3 is 20.9 Å². The average molecular weight is 489 g/mol. The molecule has 3 aromatic rings. The molecule has 1 fully saturated rings. The zero-order valence-electron chi connectivity index (χ0n) is 21.6. The van der Waals surface area contributed by atoms with E-state index in [0.29, 0.717) is 22.9 Å². The summed E-state index contributed by atoms with van der Waals surface area (Å²) < 4.78 is 0. The molecule has 8 nitrogen and oxygen atoms in total. The number of aryl methyl sites for hydroxylation is 2. The fourth-order valence-corrected chi connectivity index (χ4v) is 5.23. The number of pyridine rings is 1. The molecule has 1 aromatic carbocycles. The summed E-state index contributed by atoms with van der Waals surface area (Å²) in [6, 6.07) is 6.53. The van der Waals surface area contributed by atoms with E-state index in [1.54, 1.807) is 18.6 Å². The molecule has 8 heteroatoms. The minimum atomic E-state index is -0.222. The van der Waals surface area contributed by atoms with E-state index >= 15 is 0 Å². The number of carbonyl (C=O) groups is 1. The first kappa shape index (κ1) is 25.6. The summed E-state index contributed by atoms with van der Waals surface area (Å²) in [7, 11) is 0. The molecule has 0 atom stereocenters. The van der Waals surface area contributed by atoms with Gasteiger partial charge in [-0.3, -0.25) is 19.6 Å². The maximum Gasteiger partial charge on any atom is 0.253 e. The van der Waals surface area contributed by atoms with Gasteiger partial charge in [-0.25, -0.2) is 0 Å². The van der Waals surface area contributed by atoms with Gasteiger partial charge in [-0.15, -0.1) is 0 Å². The highest BCUT2D eigenvalue weighted by molar-refractivity contribution is 5.98. The highest BCUT2D eigenvalue weighted by Gasteiger charge is 2.26. The van der Waals surface area contributed by atoms with Gasteiger partial charge in [0.1, 0.15) is 0 Å². The lowest BCUT2D eigenvalue weighted by atomic mass is 9.89.